The van der Waals surface area contributed by atoms with E-state index in [1.165, 1.54) is 98.5 Å². The van der Waals surface area contributed by atoms with Crippen molar-refractivity contribution in [2.45, 2.75) is 0 Å². The molecule has 4 aromatic heterocycles. The van der Waals surface area contributed by atoms with Gasteiger partial charge in [0.25, 0.3) is 0 Å². The molecule has 4 nitrogen and oxygen atoms in total. The fourth-order valence-corrected chi connectivity index (χ4v) is 8.97. The van der Waals surface area contributed by atoms with E-state index in [0.717, 1.165) is 11.4 Å². The largest absolute Gasteiger partial charge is 0.309 e. The molecule has 0 aliphatic carbocycles. The second-order valence-electron chi connectivity index (χ2n) is 14.3. The fourth-order valence-electron chi connectivity index (χ4n) is 8.97. The van der Waals surface area contributed by atoms with Gasteiger partial charge in [0.1, 0.15) is 0 Å². The van der Waals surface area contributed by atoms with E-state index in [0.29, 0.717) is 0 Å². The van der Waals surface area contributed by atoms with Gasteiger partial charge >= 0.3 is 0 Å². The van der Waals surface area contributed by atoms with Crippen molar-refractivity contribution in [3.63, 3.8) is 0 Å². The Morgan fingerprint density at radius 2 is 0.648 bits per heavy atom. The molecule has 0 spiro atoms. The topological polar surface area (TPSA) is 35.6 Å². The Morgan fingerprint density at radius 1 is 0.278 bits per heavy atom. The Hall–Kier alpha value is -7.30. The average molecular weight is 687 g/mol. The van der Waals surface area contributed by atoms with Crippen LogP contribution in [0, 0.1) is 0 Å². The lowest BCUT2D eigenvalue weighted by Crippen LogP contribution is -1.95. The molecule has 54 heavy (non-hydrogen) atoms. The van der Waals surface area contributed by atoms with Gasteiger partial charge in [-0.25, -0.2) is 0 Å². The molecule has 0 aliphatic rings. The maximum Gasteiger partial charge on any atom is 0.0553 e. The van der Waals surface area contributed by atoms with Crippen molar-refractivity contribution in [3.8, 4) is 44.8 Å². The van der Waals surface area contributed by atoms with Crippen LogP contribution in [0.5, 0.6) is 0 Å². The predicted molar refractivity (Wildman–Crippen MR) is 224 cm³/mol. The van der Waals surface area contributed by atoms with Crippen LogP contribution in [0.4, 0.5) is 0 Å². The molecule has 0 fully saturated rings. The average Bonchev–Trinajstić information content (AvgIpc) is 3.77. The summed E-state index contributed by atoms with van der Waals surface area (Å²) in [5, 5.41) is 10.3. The Balaban J connectivity index is 0.969. The molecular weight excluding hydrogens is 657 g/mol. The molecule has 0 radical (unpaired) electrons. The van der Waals surface area contributed by atoms with E-state index >= 15 is 0 Å². The van der Waals surface area contributed by atoms with Gasteiger partial charge in [-0.2, -0.15) is 0 Å². The van der Waals surface area contributed by atoms with Crippen LogP contribution in [-0.2, 0) is 0 Å². The lowest BCUT2D eigenvalue weighted by molar-refractivity contribution is 1.18. The number of benzene rings is 8. The van der Waals surface area contributed by atoms with E-state index < -0.39 is 0 Å². The zero-order valence-corrected chi connectivity index (χ0v) is 29.1. The minimum absolute atomic E-state index is 1.15. The van der Waals surface area contributed by atoms with Crippen LogP contribution in [-0.4, -0.2) is 19.1 Å². The predicted octanol–water partition coefficient (Wildman–Crippen LogP) is 12.9. The third-order valence-corrected chi connectivity index (χ3v) is 11.4. The zero-order valence-electron chi connectivity index (χ0n) is 29.1. The van der Waals surface area contributed by atoms with Gasteiger partial charge in [-0.1, -0.05) is 72.8 Å². The fraction of sp³-hybridized carbons (Fsp3) is 0. The maximum atomic E-state index is 4.26. The molecule has 0 saturated heterocycles. The van der Waals surface area contributed by atoms with Crippen LogP contribution in [0.3, 0.4) is 0 Å². The number of hydrogen-bond acceptors (Lipinski definition) is 2. The summed E-state index contributed by atoms with van der Waals surface area (Å²) >= 11 is 0. The third kappa shape index (κ3) is 4.19. The van der Waals surface area contributed by atoms with Crippen molar-refractivity contribution in [1.29, 1.82) is 0 Å². The molecule has 0 unspecified atom stereocenters. The zero-order chi connectivity index (χ0) is 35.3. The Labute approximate surface area is 310 Å². The van der Waals surface area contributed by atoms with Gasteiger partial charge in [-0.05, 0) is 140 Å². The van der Waals surface area contributed by atoms with Crippen LogP contribution in [0.1, 0.15) is 0 Å². The second-order valence-corrected chi connectivity index (χ2v) is 14.3. The minimum atomic E-state index is 1.15. The molecule has 250 valence electrons. The first-order valence-corrected chi connectivity index (χ1v) is 18.4. The molecule has 0 bridgehead atoms. The number of aromatic nitrogens is 4. The second kappa shape index (κ2) is 11.1. The van der Waals surface area contributed by atoms with Crippen LogP contribution >= 0.6 is 0 Å². The molecule has 0 atom stereocenters. The minimum Gasteiger partial charge on any atom is -0.309 e. The Kier molecular flexibility index (Phi) is 6.02. The van der Waals surface area contributed by atoms with Crippen molar-refractivity contribution in [1.82, 2.24) is 19.1 Å². The molecule has 0 aliphatic heterocycles. The molecule has 4 heterocycles. The van der Waals surface area contributed by atoms with Crippen molar-refractivity contribution in [2.24, 2.45) is 0 Å². The SMILES string of the molecule is c1cc2ccc3cc(-c4ccncc4)cc4c3c2c(c1)n4-c1ccc(-c2ccc(-n3c4cccc5ccc6cc(-c7ccncc7)cc3c6c54)cc2)cc1. The Morgan fingerprint density at radius 3 is 1.07 bits per heavy atom. The van der Waals surface area contributed by atoms with Crippen LogP contribution in [0.2, 0.25) is 0 Å². The number of hydrogen-bond donors (Lipinski definition) is 0. The summed E-state index contributed by atoms with van der Waals surface area (Å²) in [5.41, 5.74) is 14.3. The normalized spacial score (nSPS) is 12.1. The monoisotopic (exact) mass is 686 g/mol. The van der Waals surface area contributed by atoms with Crippen molar-refractivity contribution < 1.29 is 0 Å². The van der Waals surface area contributed by atoms with E-state index in [4.69, 9.17) is 0 Å². The quantitative estimate of drug-likeness (QED) is 0.169. The van der Waals surface area contributed by atoms with Gasteiger partial charge in [0.2, 0.25) is 0 Å². The standard InChI is InChI=1S/C50H30N4/c1-3-35-7-9-37-27-39(33-19-23-51-24-20-33)29-45-49(37)47(35)43(5-1)53(45)41-15-11-31(12-16-41)32-13-17-42(18-14-32)54-44-6-2-4-36-8-10-38-28-40(34-21-25-52-26-22-34)30-46(54)50(38)48(36)44/h1-30H. The highest BCUT2D eigenvalue weighted by molar-refractivity contribution is 6.26. The number of pyridine rings is 2. The highest BCUT2D eigenvalue weighted by atomic mass is 15.0. The lowest BCUT2D eigenvalue weighted by Gasteiger charge is -2.12. The first-order valence-electron chi connectivity index (χ1n) is 18.4. The summed E-state index contributed by atoms with van der Waals surface area (Å²) in [6.45, 7) is 0. The van der Waals surface area contributed by atoms with Gasteiger partial charge in [0.15, 0.2) is 0 Å². The summed E-state index contributed by atoms with van der Waals surface area (Å²) in [6.07, 6.45) is 7.46. The van der Waals surface area contributed by atoms with E-state index in [-0.39, 0.29) is 0 Å². The van der Waals surface area contributed by atoms with Crippen LogP contribution in [0.25, 0.3) is 110 Å². The van der Waals surface area contributed by atoms with Gasteiger partial charge in [-0.3, -0.25) is 9.97 Å². The van der Waals surface area contributed by atoms with Crippen molar-refractivity contribution in [3.05, 3.63) is 183 Å². The highest BCUT2D eigenvalue weighted by Crippen LogP contribution is 2.43. The third-order valence-electron chi connectivity index (χ3n) is 11.4. The first-order chi connectivity index (χ1) is 26.8. The van der Waals surface area contributed by atoms with Gasteiger partial charge in [-0.15, -0.1) is 0 Å². The van der Waals surface area contributed by atoms with Crippen LogP contribution in [0.15, 0.2) is 183 Å². The summed E-state index contributed by atoms with van der Waals surface area (Å²) < 4.78 is 4.85. The summed E-state index contributed by atoms with van der Waals surface area (Å²) in [5.74, 6) is 0. The molecule has 0 amide bonds. The lowest BCUT2D eigenvalue weighted by atomic mass is 9.98. The summed E-state index contributed by atoms with van der Waals surface area (Å²) in [6, 6.07) is 58.0. The molecule has 12 rings (SSSR count). The van der Waals surface area contributed by atoms with Gasteiger partial charge in [0, 0.05) is 57.7 Å². The summed E-state index contributed by atoms with van der Waals surface area (Å²) in [4.78, 5) is 8.52. The molecular formula is C50H30N4. The molecule has 0 N–H and O–H groups in total. The molecule has 4 heteroatoms. The summed E-state index contributed by atoms with van der Waals surface area (Å²) in [7, 11) is 0. The van der Waals surface area contributed by atoms with E-state index in [1.807, 2.05) is 24.8 Å². The molecule has 8 aromatic carbocycles. The van der Waals surface area contributed by atoms with Crippen molar-refractivity contribution in [2.75, 3.05) is 0 Å². The number of rotatable bonds is 5. The number of nitrogens with zero attached hydrogens (tertiary/aromatic N) is 4. The molecule has 12 aromatic rings. The van der Waals surface area contributed by atoms with E-state index in [1.54, 1.807) is 0 Å². The van der Waals surface area contributed by atoms with Crippen LogP contribution < -0.4 is 0 Å². The van der Waals surface area contributed by atoms with E-state index in [2.05, 4.69) is 177 Å². The molecule has 0 saturated carbocycles. The van der Waals surface area contributed by atoms with Gasteiger partial charge < -0.3 is 9.13 Å². The van der Waals surface area contributed by atoms with Crippen molar-refractivity contribution >= 4 is 65.2 Å². The Bertz CT molecular complexity index is 3110. The highest BCUT2D eigenvalue weighted by Gasteiger charge is 2.20. The van der Waals surface area contributed by atoms with Gasteiger partial charge in [0.05, 0.1) is 22.1 Å². The first kappa shape index (κ1) is 29.3. The smallest absolute Gasteiger partial charge is 0.0553 e. The van der Waals surface area contributed by atoms with E-state index in [9.17, 15) is 0 Å². The maximum absolute atomic E-state index is 4.26.